The molecule has 0 spiro atoms. The molecule has 3 N–H and O–H groups in total. The molecule has 0 aromatic carbocycles. The zero-order chi connectivity index (χ0) is 19.2. The SMILES string of the molecule is CC1([C@H](CC(=O)O)Nc2nc(-c3c[nH]c4ncc(F)cc34)ncc2F)CC1. The van der Waals surface area contributed by atoms with E-state index in [-0.39, 0.29) is 23.5 Å². The lowest BCUT2D eigenvalue weighted by molar-refractivity contribution is -0.137. The zero-order valence-electron chi connectivity index (χ0n) is 14.5. The van der Waals surface area contributed by atoms with E-state index in [2.05, 4.69) is 25.3 Å². The number of fused-ring (bicyclic) bond motifs is 1. The monoisotopic (exact) mass is 373 g/mol. The van der Waals surface area contributed by atoms with E-state index in [9.17, 15) is 13.6 Å². The van der Waals surface area contributed by atoms with Crippen LogP contribution in [-0.2, 0) is 4.79 Å². The largest absolute Gasteiger partial charge is 0.481 e. The van der Waals surface area contributed by atoms with Crippen LogP contribution in [0.4, 0.5) is 14.6 Å². The molecule has 0 saturated heterocycles. The van der Waals surface area contributed by atoms with E-state index in [4.69, 9.17) is 5.11 Å². The Bertz CT molecular complexity index is 1030. The van der Waals surface area contributed by atoms with E-state index in [1.165, 1.54) is 6.07 Å². The Balaban J connectivity index is 1.70. The molecule has 1 atom stereocenters. The van der Waals surface area contributed by atoms with Crippen LogP contribution in [0.5, 0.6) is 0 Å². The topological polar surface area (TPSA) is 104 Å². The van der Waals surface area contributed by atoms with Crippen LogP contribution in [0.15, 0.2) is 24.7 Å². The van der Waals surface area contributed by atoms with Gasteiger partial charge in [0.1, 0.15) is 11.5 Å². The Morgan fingerprint density at radius 3 is 2.85 bits per heavy atom. The second kappa shape index (κ2) is 6.26. The molecule has 1 aliphatic carbocycles. The van der Waals surface area contributed by atoms with Gasteiger partial charge < -0.3 is 15.4 Å². The maximum atomic E-state index is 14.3. The fourth-order valence-corrected chi connectivity index (χ4v) is 3.12. The lowest BCUT2D eigenvalue weighted by atomic mass is 9.96. The summed E-state index contributed by atoms with van der Waals surface area (Å²) in [6, 6.07) is 0.848. The quantitative estimate of drug-likeness (QED) is 0.612. The van der Waals surface area contributed by atoms with Crippen LogP contribution < -0.4 is 5.32 Å². The fraction of sp³-hybridized carbons (Fsp3) is 0.333. The number of nitrogens with zero attached hydrogens (tertiary/aromatic N) is 3. The van der Waals surface area contributed by atoms with Crippen molar-refractivity contribution in [3.63, 3.8) is 0 Å². The van der Waals surface area contributed by atoms with E-state index in [0.29, 0.717) is 16.6 Å². The van der Waals surface area contributed by atoms with Crippen molar-refractivity contribution in [1.82, 2.24) is 19.9 Å². The summed E-state index contributed by atoms with van der Waals surface area (Å²) in [4.78, 5) is 26.2. The Hall–Kier alpha value is -3.10. The second-order valence-corrected chi connectivity index (χ2v) is 7.09. The van der Waals surface area contributed by atoms with E-state index < -0.39 is 23.6 Å². The van der Waals surface area contributed by atoms with Crippen LogP contribution in [0.25, 0.3) is 22.4 Å². The molecular weight excluding hydrogens is 356 g/mol. The normalized spacial score (nSPS) is 16.3. The number of nitrogens with one attached hydrogen (secondary N) is 2. The Kier molecular flexibility index (Phi) is 4.01. The van der Waals surface area contributed by atoms with Gasteiger partial charge in [0.05, 0.1) is 18.8 Å². The Morgan fingerprint density at radius 1 is 1.37 bits per heavy atom. The van der Waals surface area contributed by atoms with Gasteiger partial charge in [0.25, 0.3) is 0 Å². The maximum Gasteiger partial charge on any atom is 0.305 e. The van der Waals surface area contributed by atoms with Gasteiger partial charge in [-0.2, -0.15) is 0 Å². The highest BCUT2D eigenvalue weighted by atomic mass is 19.1. The summed E-state index contributed by atoms with van der Waals surface area (Å²) in [5.74, 6) is -2.03. The van der Waals surface area contributed by atoms with Crippen molar-refractivity contribution < 1.29 is 18.7 Å². The molecule has 9 heteroatoms. The highest BCUT2D eigenvalue weighted by Crippen LogP contribution is 2.50. The summed E-state index contributed by atoms with van der Waals surface area (Å²) in [6.07, 6.45) is 5.27. The van der Waals surface area contributed by atoms with Gasteiger partial charge in [-0.15, -0.1) is 0 Å². The maximum absolute atomic E-state index is 14.3. The minimum atomic E-state index is -0.964. The number of hydrogen-bond acceptors (Lipinski definition) is 5. The van der Waals surface area contributed by atoms with Crippen molar-refractivity contribution in [2.24, 2.45) is 5.41 Å². The lowest BCUT2D eigenvalue weighted by Gasteiger charge is -2.24. The van der Waals surface area contributed by atoms with Crippen LogP contribution in [-0.4, -0.2) is 37.1 Å². The van der Waals surface area contributed by atoms with Gasteiger partial charge in [-0.05, 0) is 24.3 Å². The van der Waals surface area contributed by atoms with Gasteiger partial charge in [0.2, 0.25) is 0 Å². The zero-order valence-corrected chi connectivity index (χ0v) is 14.5. The average molecular weight is 373 g/mol. The number of anilines is 1. The van der Waals surface area contributed by atoms with Crippen molar-refractivity contribution in [2.45, 2.75) is 32.2 Å². The third-order valence-corrected chi connectivity index (χ3v) is 5.05. The summed E-state index contributed by atoms with van der Waals surface area (Å²) in [7, 11) is 0. The van der Waals surface area contributed by atoms with Crippen molar-refractivity contribution in [3.05, 3.63) is 36.3 Å². The first kappa shape index (κ1) is 17.3. The molecule has 1 saturated carbocycles. The molecular formula is C18H17F2N5O2. The third kappa shape index (κ3) is 3.32. The molecule has 3 aromatic rings. The number of carboxylic acids is 1. The number of pyridine rings is 1. The molecule has 1 aliphatic rings. The first-order valence-electron chi connectivity index (χ1n) is 8.49. The summed E-state index contributed by atoms with van der Waals surface area (Å²) >= 11 is 0. The molecule has 7 nitrogen and oxygen atoms in total. The van der Waals surface area contributed by atoms with Crippen LogP contribution in [0.2, 0.25) is 0 Å². The molecule has 0 unspecified atom stereocenters. The van der Waals surface area contributed by atoms with Gasteiger partial charge >= 0.3 is 5.97 Å². The van der Waals surface area contributed by atoms with Crippen molar-refractivity contribution in [2.75, 3.05) is 5.32 Å². The predicted octanol–water partition coefficient (Wildman–Crippen LogP) is 3.35. The number of carboxylic acid groups (broad SMARTS) is 1. The van der Waals surface area contributed by atoms with Gasteiger partial charge in [-0.25, -0.2) is 23.7 Å². The van der Waals surface area contributed by atoms with Crippen molar-refractivity contribution in [3.8, 4) is 11.4 Å². The molecule has 3 aromatic heterocycles. The number of hydrogen-bond donors (Lipinski definition) is 3. The fourth-order valence-electron chi connectivity index (χ4n) is 3.12. The van der Waals surface area contributed by atoms with E-state index in [1.54, 1.807) is 6.20 Å². The van der Waals surface area contributed by atoms with E-state index in [0.717, 1.165) is 25.2 Å². The molecule has 0 radical (unpaired) electrons. The van der Waals surface area contributed by atoms with E-state index >= 15 is 0 Å². The smallest absolute Gasteiger partial charge is 0.305 e. The minimum Gasteiger partial charge on any atom is -0.481 e. The number of aromatic nitrogens is 4. The Labute approximate surface area is 152 Å². The molecule has 0 aliphatic heterocycles. The number of aliphatic carboxylic acids is 1. The van der Waals surface area contributed by atoms with Crippen molar-refractivity contribution >= 4 is 22.8 Å². The molecule has 0 amide bonds. The van der Waals surface area contributed by atoms with Crippen LogP contribution in [0, 0.1) is 17.0 Å². The summed E-state index contributed by atoms with van der Waals surface area (Å²) in [5, 5.41) is 12.6. The molecule has 0 bridgehead atoms. The highest BCUT2D eigenvalue weighted by Gasteiger charge is 2.46. The third-order valence-electron chi connectivity index (χ3n) is 5.05. The summed E-state index contributed by atoms with van der Waals surface area (Å²) < 4.78 is 27.8. The van der Waals surface area contributed by atoms with Crippen LogP contribution >= 0.6 is 0 Å². The molecule has 1 fully saturated rings. The van der Waals surface area contributed by atoms with Crippen LogP contribution in [0.3, 0.4) is 0 Å². The molecule has 27 heavy (non-hydrogen) atoms. The van der Waals surface area contributed by atoms with Crippen molar-refractivity contribution in [1.29, 1.82) is 0 Å². The van der Waals surface area contributed by atoms with Gasteiger partial charge in [-0.1, -0.05) is 6.92 Å². The molecule has 140 valence electrons. The predicted molar refractivity (Wildman–Crippen MR) is 94.0 cm³/mol. The average Bonchev–Trinajstić information content (AvgIpc) is 3.23. The lowest BCUT2D eigenvalue weighted by Crippen LogP contribution is -2.32. The standard InChI is InChI=1S/C18H17F2N5O2/c1-18(2-3-18)13(5-14(26)27)24-17-12(20)8-23-16(25-17)11-7-22-15-10(11)4-9(19)6-21-15/h4,6-8,13H,2-3,5H2,1H3,(H,21,22)(H,26,27)(H,23,24,25)/t13-/m0/s1. The highest BCUT2D eigenvalue weighted by molar-refractivity contribution is 5.91. The van der Waals surface area contributed by atoms with Gasteiger partial charge in [0, 0.05) is 23.2 Å². The minimum absolute atomic E-state index is 0.0712. The Morgan fingerprint density at radius 2 is 2.15 bits per heavy atom. The van der Waals surface area contributed by atoms with E-state index in [1.807, 2.05) is 6.92 Å². The summed E-state index contributed by atoms with van der Waals surface area (Å²) in [5.41, 5.74) is 0.736. The second-order valence-electron chi connectivity index (χ2n) is 7.09. The van der Waals surface area contributed by atoms with Gasteiger partial charge in [0.15, 0.2) is 17.5 Å². The number of aromatic amines is 1. The van der Waals surface area contributed by atoms with Gasteiger partial charge in [-0.3, -0.25) is 4.79 Å². The van der Waals surface area contributed by atoms with Crippen LogP contribution in [0.1, 0.15) is 26.2 Å². The number of rotatable bonds is 6. The first-order chi connectivity index (χ1) is 12.9. The first-order valence-corrected chi connectivity index (χ1v) is 8.49. The number of halogens is 2. The molecule has 3 heterocycles. The summed E-state index contributed by atoms with van der Waals surface area (Å²) in [6.45, 7) is 1.96. The molecule has 4 rings (SSSR count). The number of H-pyrrole nitrogens is 1. The number of carbonyl (C=O) groups is 1.